The first-order chi connectivity index (χ1) is 14.5. The van der Waals surface area contributed by atoms with Gasteiger partial charge in [-0.3, -0.25) is 9.79 Å². The summed E-state index contributed by atoms with van der Waals surface area (Å²) in [6.07, 6.45) is -3.21. The second kappa shape index (κ2) is 6.90. The first-order valence-electron chi connectivity index (χ1n) is 8.93. The van der Waals surface area contributed by atoms with Gasteiger partial charge in [0.1, 0.15) is 29.0 Å². The molecule has 4 rings (SSSR count). The van der Waals surface area contributed by atoms with E-state index in [1.54, 1.807) is 6.07 Å². The van der Waals surface area contributed by atoms with Gasteiger partial charge < -0.3 is 15.8 Å². The van der Waals surface area contributed by atoms with E-state index in [4.69, 9.17) is 27.3 Å². The summed E-state index contributed by atoms with van der Waals surface area (Å²) in [4.78, 5) is 24.8. The van der Waals surface area contributed by atoms with Crippen LogP contribution in [0.2, 0.25) is 5.02 Å². The molecule has 0 fully saturated rings. The lowest BCUT2D eigenvalue weighted by Gasteiger charge is -2.46. The number of fused-ring (bicyclic) bond motifs is 2. The van der Waals surface area contributed by atoms with E-state index in [1.165, 1.54) is 18.3 Å². The quantitative estimate of drug-likeness (QED) is 0.724. The molecular formula is C19H14ClF3N6O2. The van der Waals surface area contributed by atoms with Crippen LogP contribution < -0.4 is 11.1 Å². The Labute approximate surface area is 178 Å². The van der Waals surface area contributed by atoms with Crippen LogP contribution in [0.4, 0.5) is 19.0 Å². The lowest BCUT2D eigenvalue weighted by molar-refractivity contribution is -0.251. The molecule has 3 heterocycles. The smallest absolute Gasteiger partial charge is 0.385 e. The van der Waals surface area contributed by atoms with Crippen molar-refractivity contribution in [1.29, 1.82) is 5.26 Å². The second-order valence-corrected chi connectivity index (χ2v) is 7.76. The zero-order chi connectivity index (χ0) is 22.6. The van der Waals surface area contributed by atoms with Crippen LogP contribution in [0.15, 0.2) is 29.4 Å². The van der Waals surface area contributed by atoms with E-state index in [1.807, 2.05) is 6.07 Å². The molecule has 2 aliphatic rings. The molecule has 1 spiro atoms. The first-order valence-corrected chi connectivity index (χ1v) is 9.31. The van der Waals surface area contributed by atoms with Crippen molar-refractivity contribution in [3.05, 3.63) is 51.9 Å². The molecule has 3 N–H and O–H groups in total. The number of alkyl halides is 3. The number of pyridine rings is 2. The molecule has 2 atom stereocenters. The number of halogens is 4. The van der Waals surface area contributed by atoms with Gasteiger partial charge in [0.15, 0.2) is 0 Å². The number of amidine groups is 1. The fraction of sp³-hybridized carbons (Fsp3) is 0.316. The molecule has 0 saturated heterocycles. The summed E-state index contributed by atoms with van der Waals surface area (Å²) in [6.45, 7) is 0.473. The zero-order valence-corrected chi connectivity index (χ0v) is 16.7. The average Bonchev–Trinajstić information content (AvgIpc) is 2.70. The highest BCUT2D eigenvalue weighted by atomic mass is 35.5. The minimum atomic E-state index is -4.72. The topological polar surface area (TPSA) is 126 Å². The van der Waals surface area contributed by atoms with E-state index < -0.39 is 29.1 Å². The number of nitrogens with two attached hydrogens (primary N) is 1. The Kier molecular flexibility index (Phi) is 4.68. The van der Waals surface area contributed by atoms with Crippen LogP contribution in [0, 0.1) is 11.3 Å². The maximum Gasteiger partial charge on any atom is 0.424 e. The van der Waals surface area contributed by atoms with Crippen molar-refractivity contribution < 1.29 is 22.7 Å². The van der Waals surface area contributed by atoms with Crippen LogP contribution in [-0.4, -0.2) is 40.1 Å². The zero-order valence-electron chi connectivity index (χ0n) is 15.9. The van der Waals surface area contributed by atoms with Crippen molar-refractivity contribution in [3.8, 4) is 6.07 Å². The normalized spacial score (nSPS) is 24.6. The van der Waals surface area contributed by atoms with Crippen molar-refractivity contribution >= 4 is 29.2 Å². The fourth-order valence-corrected chi connectivity index (χ4v) is 3.64. The molecule has 12 heteroatoms. The third kappa shape index (κ3) is 3.28. The molecule has 2 aromatic rings. The summed E-state index contributed by atoms with van der Waals surface area (Å²) >= 11 is 6.00. The molecule has 2 aromatic heterocycles. The second-order valence-electron chi connectivity index (χ2n) is 7.35. The van der Waals surface area contributed by atoms with E-state index in [-0.39, 0.29) is 28.7 Å². The number of rotatable bonds is 2. The number of nitrogens with zero attached hydrogens (tertiary/aromatic N) is 4. The lowest BCUT2D eigenvalue weighted by Crippen LogP contribution is -2.62. The Morgan fingerprint density at radius 1 is 1.42 bits per heavy atom. The van der Waals surface area contributed by atoms with Gasteiger partial charge in [0.05, 0.1) is 22.9 Å². The van der Waals surface area contributed by atoms with Gasteiger partial charge in [-0.05, 0) is 24.6 Å². The van der Waals surface area contributed by atoms with Gasteiger partial charge in [-0.15, -0.1) is 0 Å². The van der Waals surface area contributed by atoms with Crippen LogP contribution in [0.25, 0.3) is 0 Å². The Hall–Kier alpha value is -3.23. The number of nitriles is 1. The number of carbonyl (C=O) groups is 1. The highest BCUT2D eigenvalue weighted by Crippen LogP contribution is 2.47. The number of hydrogen-bond acceptors (Lipinski definition) is 7. The Morgan fingerprint density at radius 2 is 2.16 bits per heavy atom. The van der Waals surface area contributed by atoms with E-state index in [9.17, 15) is 18.0 Å². The number of carbonyl (C=O) groups excluding carboxylic acids is 1. The molecule has 8 nitrogen and oxygen atoms in total. The summed E-state index contributed by atoms with van der Waals surface area (Å²) < 4.78 is 45.1. The van der Waals surface area contributed by atoms with Gasteiger partial charge in [-0.1, -0.05) is 17.7 Å². The fourth-order valence-electron chi connectivity index (χ4n) is 3.38. The highest BCUT2D eigenvalue weighted by molar-refractivity contribution is 6.34. The van der Waals surface area contributed by atoms with Crippen molar-refractivity contribution in [3.63, 3.8) is 0 Å². The van der Waals surface area contributed by atoms with Crippen LogP contribution in [-0.2, 0) is 16.7 Å². The molecule has 0 unspecified atom stereocenters. The summed E-state index contributed by atoms with van der Waals surface area (Å²) in [5, 5.41) is 11.4. The molecule has 0 aromatic carbocycles. The van der Waals surface area contributed by atoms with Gasteiger partial charge in [0.2, 0.25) is 5.60 Å². The summed E-state index contributed by atoms with van der Waals surface area (Å²) in [7, 11) is 0. The predicted molar refractivity (Wildman–Crippen MR) is 104 cm³/mol. The van der Waals surface area contributed by atoms with E-state index in [0.29, 0.717) is 12.1 Å². The van der Waals surface area contributed by atoms with Gasteiger partial charge >= 0.3 is 6.18 Å². The number of aliphatic imine (C=N–C) groups is 1. The Morgan fingerprint density at radius 3 is 2.77 bits per heavy atom. The van der Waals surface area contributed by atoms with Crippen LogP contribution in [0.1, 0.15) is 34.2 Å². The molecule has 0 saturated carbocycles. The Bertz CT molecular complexity index is 1180. The van der Waals surface area contributed by atoms with Gasteiger partial charge in [0.25, 0.3) is 5.91 Å². The van der Waals surface area contributed by atoms with Crippen LogP contribution in [0.3, 0.4) is 0 Å². The number of amides is 1. The standard InChI is InChI=1S/C19H14ClF3N6O2/c1-17(19(21,22)23)16(25)29-18(8-31-17)5-10-2-3-12(27-14(10)18)28-15(30)13-11(20)4-9(6-24)7-26-13/h2-4,7H,5,8H2,1H3,(H2,25,29)(H,27,28,30)/t17-,18-/m1/s1. The van der Waals surface area contributed by atoms with E-state index in [2.05, 4.69) is 20.3 Å². The maximum absolute atomic E-state index is 13.3. The van der Waals surface area contributed by atoms with Crippen LogP contribution >= 0.6 is 11.6 Å². The molecule has 1 amide bonds. The van der Waals surface area contributed by atoms with Gasteiger partial charge in [-0.2, -0.15) is 18.4 Å². The first kappa shape index (κ1) is 21.0. The SMILES string of the molecule is C[C@@]1(C(F)(F)F)OC[C@@]2(Cc3ccc(NC(=O)c4ncc(C#N)cc4Cl)nc32)N=C1N. The van der Waals surface area contributed by atoms with Gasteiger partial charge in [-0.25, -0.2) is 9.97 Å². The highest BCUT2D eigenvalue weighted by Gasteiger charge is 2.61. The van der Waals surface area contributed by atoms with Crippen LogP contribution in [0.5, 0.6) is 0 Å². The number of anilines is 1. The van der Waals surface area contributed by atoms with Gasteiger partial charge in [0, 0.05) is 12.6 Å². The molecular weight excluding hydrogens is 437 g/mol. The monoisotopic (exact) mass is 450 g/mol. The third-order valence-electron chi connectivity index (χ3n) is 5.29. The Balaban J connectivity index is 1.60. The number of nitrogens with one attached hydrogen (secondary N) is 1. The van der Waals surface area contributed by atoms with Crippen molar-refractivity contribution in [2.45, 2.75) is 30.7 Å². The van der Waals surface area contributed by atoms with Crippen molar-refractivity contribution in [1.82, 2.24) is 9.97 Å². The summed E-state index contributed by atoms with van der Waals surface area (Å²) in [5.74, 6) is -1.22. The number of hydrogen-bond donors (Lipinski definition) is 2. The minimum absolute atomic E-state index is 0.0125. The lowest BCUT2D eigenvalue weighted by atomic mass is 9.74. The maximum atomic E-state index is 13.3. The van der Waals surface area contributed by atoms with E-state index >= 15 is 0 Å². The molecule has 31 heavy (non-hydrogen) atoms. The third-order valence-corrected chi connectivity index (χ3v) is 5.58. The molecule has 160 valence electrons. The summed E-state index contributed by atoms with van der Waals surface area (Å²) in [6, 6.07) is 6.38. The van der Waals surface area contributed by atoms with Crippen molar-refractivity contribution in [2.75, 3.05) is 11.9 Å². The van der Waals surface area contributed by atoms with E-state index in [0.717, 1.165) is 12.5 Å². The summed E-state index contributed by atoms with van der Waals surface area (Å²) in [5.41, 5.74) is 3.04. The molecule has 0 bridgehead atoms. The average molecular weight is 451 g/mol. The molecule has 0 radical (unpaired) electrons. The van der Waals surface area contributed by atoms with Crippen molar-refractivity contribution in [2.24, 2.45) is 10.7 Å². The predicted octanol–water partition coefficient (Wildman–Crippen LogP) is 2.71. The number of ether oxygens (including phenoxy) is 1. The minimum Gasteiger partial charge on any atom is -0.385 e. The largest absolute Gasteiger partial charge is 0.424 e. The molecule has 1 aliphatic carbocycles. The molecule has 1 aliphatic heterocycles. The number of aromatic nitrogens is 2.